The van der Waals surface area contributed by atoms with Gasteiger partial charge in [0.15, 0.2) is 0 Å². The number of nitrogens with zero attached hydrogens (tertiary/aromatic N) is 2. The molecule has 0 aliphatic heterocycles. The Bertz CT molecular complexity index is 657. The normalized spacial score (nSPS) is 16.2. The van der Waals surface area contributed by atoms with Crippen LogP contribution in [0.5, 0.6) is 0 Å². The van der Waals surface area contributed by atoms with Crippen molar-refractivity contribution in [3.63, 3.8) is 0 Å². The zero-order valence-electron chi connectivity index (χ0n) is 11.2. The lowest BCUT2D eigenvalue weighted by atomic mass is 9.76. The number of nitrogens with one attached hydrogen (secondary N) is 3. The maximum absolute atomic E-state index is 12.1. The van der Waals surface area contributed by atoms with E-state index in [1.54, 1.807) is 12.3 Å². The molecule has 1 amide bonds. The fraction of sp³-hybridized carbons (Fsp3) is 0.385. The Balaban J connectivity index is 1.73. The molecule has 4 N–H and O–H groups in total. The summed E-state index contributed by atoms with van der Waals surface area (Å²) in [4.78, 5) is 29.9. The molecular weight excluding hydrogens is 274 g/mol. The van der Waals surface area contributed by atoms with Crippen LogP contribution in [0.1, 0.15) is 41.3 Å². The van der Waals surface area contributed by atoms with Crippen LogP contribution in [0.25, 0.3) is 0 Å². The van der Waals surface area contributed by atoms with Crippen LogP contribution in [0, 0.1) is 0 Å². The summed E-state index contributed by atoms with van der Waals surface area (Å²) in [6.07, 6.45) is 5.52. The van der Waals surface area contributed by atoms with E-state index in [4.69, 9.17) is 5.11 Å². The highest BCUT2D eigenvalue weighted by Crippen LogP contribution is 2.39. The van der Waals surface area contributed by atoms with Gasteiger partial charge in [-0.2, -0.15) is 5.10 Å². The number of H-pyrrole nitrogens is 2. The number of aromatic amines is 2. The van der Waals surface area contributed by atoms with Gasteiger partial charge in [0, 0.05) is 11.9 Å². The van der Waals surface area contributed by atoms with Gasteiger partial charge in [-0.1, -0.05) is 0 Å². The molecule has 0 bridgehead atoms. The van der Waals surface area contributed by atoms with Crippen LogP contribution < -0.4 is 5.32 Å². The van der Waals surface area contributed by atoms with Crippen molar-refractivity contribution in [3.8, 4) is 0 Å². The number of carbonyl (C=O) groups excluding carboxylic acids is 1. The van der Waals surface area contributed by atoms with Gasteiger partial charge in [0.2, 0.25) is 5.91 Å². The molecule has 1 aliphatic carbocycles. The monoisotopic (exact) mass is 289 g/mol. The predicted molar refractivity (Wildman–Crippen MR) is 71.5 cm³/mol. The highest BCUT2D eigenvalue weighted by Gasteiger charge is 2.42. The minimum absolute atomic E-state index is 0.0269. The van der Waals surface area contributed by atoms with Crippen molar-refractivity contribution in [2.75, 3.05) is 0 Å². The van der Waals surface area contributed by atoms with Crippen molar-refractivity contribution in [2.24, 2.45) is 0 Å². The standard InChI is InChI=1S/C13H15N5O3/c19-10(6-8-2-5-15-18-8)17-13(3-1-4-13)12-14-7-9(16-12)11(20)21/h2,5,7H,1,3-4,6H2,(H,14,16)(H,15,18)(H,17,19)(H,20,21). The maximum Gasteiger partial charge on any atom is 0.353 e. The largest absolute Gasteiger partial charge is 0.477 e. The summed E-state index contributed by atoms with van der Waals surface area (Å²) >= 11 is 0. The Morgan fingerprint density at radius 3 is 2.76 bits per heavy atom. The Hall–Kier alpha value is -2.64. The third kappa shape index (κ3) is 2.51. The van der Waals surface area contributed by atoms with Crippen LogP contribution >= 0.6 is 0 Å². The third-order valence-electron chi connectivity index (χ3n) is 3.75. The van der Waals surface area contributed by atoms with Crippen molar-refractivity contribution >= 4 is 11.9 Å². The van der Waals surface area contributed by atoms with Crippen molar-refractivity contribution in [3.05, 3.63) is 35.7 Å². The SMILES string of the molecule is O=C(Cc1ccn[nH]1)NC1(c2ncc(C(=O)O)[nH]2)CCC1. The molecule has 0 radical (unpaired) electrons. The Morgan fingerprint density at radius 2 is 2.24 bits per heavy atom. The van der Waals surface area contributed by atoms with Crippen LogP contribution in [-0.4, -0.2) is 37.1 Å². The van der Waals surface area contributed by atoms with Gasteiger partial charge in [0.25, 0.3) is 0 Å². The quantitative estimate of drug-likeness (QED) is 0.640. The summed E-state index contributed by atoms with van der Waals surface area (Å²) < 4.78 is 0. The molecule has 8 heteroatoms. The Labute approximate surface area is 120 Å². The maximum atomic E-state index is 12.1. The van der Waals surface area contributed by atoms with E-state index >= 15 is 0 Å². The molecule has 2 aromatic rings. The first-order chi connectivity index (χ1) is 10.1. The molecule has 0 saturated heterocycles. The van der Waals surface area contributed by atoms with E-state index in [2.05, 4.69) is 25.5 Å². The number of imidazole rings is 1. The van der Waals surface area contributed by atoms with E-state index in [0.29, 0.717) is 5.82 Å². The molecule has 1 aliphatic rings. The fourth-order valence-corrected chi connectivity index (χ4v) is 2.49. The fourth-order valence-electron chi connectivity index (χ4n) is 2.49. The zero-order chi connectivity index (χ0) is 14.9. The molecule has 1 saturated carbocycles. The Morgan fingerprint density at radius 1 is 1.43 bits per heavy atom. The average Bonchev–Trinajstić information content (AvgIpc) is 3.04. The van der Waals surface area contributed by atoms with Crippen LogP contribution in [0.2, 0.25) is 0 Å². The molecule has 2 aromatic heterocycles. The van der Waals surface area contributed by atoms with Crippen LogP contribution in [0.15, 0.2) is 18.5 Å². The number of rotatable bonds is 5. The van der Waals surface area contributed by atoms with Gasteiger partial charge in [-0.3, -0.25) is 9.89 Å². The molecule has 3 rings (SSSR count). The zero-order valence-corrected chi connectivity index (χ0v) is 11.2. The Kier molecular flexibility index (Phi) is 3.20. The van der Waals surface area contributed by atoms with Crippen LogP contribution in [-0.2, 0) is 16.8 Å². The number of hydrogen-bond acceptors (Lipinski definition) is 4. The van der Waals surface area contributed by atoms with E-state index in [1.807, 2.05) is 0 Å². The predicted octanol–water partition coefficient (Wildman–Crippen LogP) is 0.569. The van der Waals surface area contributed by atoms with Gasteiger partial charge in [-0.05, 0) is 25.3 Å². The summed E-state index contributed by atoms with van der Waals surface area (Å²) in [7, 11) is 0. The van der Waals surface area contributed by atoms with E-state index in [1.165, 1.54) is 6.20 Å². The topological polar surface area (TPSA) is 124 Å². The number of aromatic carboxylic acids is 1. The van der Waals surface area contributed by atoms with Gasteiger partial charge in [0.05, 0.1) is 18.2 Å². The van der Waals surface area contributed by atoms with Gasteiger partial charge in [-0.25, -0.2) is 9.78 Å². The van der Waals surface area contributed by atoms with Gasteiger partial charge in [-0.15, -0.1) is 0 Å². The van der Waals surface area contributed by atoms with Crippen molar-refractivity contribution in [1.82, 2.24) is 25.5 Å². The first kappa shape index (κ1) is 13.3. The lowest BCUT2D eigenvalue weighted by Gasteiger charge is -2.40. The van der Waals surface area contributed by atoms with E-state index in [9.17, 15) is 9.59 Å². The molecule has 110 valence electrons. The third-order valence-corrected chi connectivity index (χ3v) is 3.75. The van der Waals surface area contributed by atoms with E-state index < -0.39 is 11.5 Å². The minimum Gasteiger partial charge on any atom is -0.477 e. The number of amides is 1. The van der Waals surface area contributed by atoms with Gasteiger partial charge in [0.1, 0.15) is 11.5 Å². The summed E-state index contributed by atoms with van der Waals surface area (Å²) in [5.74, 6) is -0.705. The number of carbonyl (C=O) groups is 2. The average molecular weight is 289 g/mol. The number of carboxylic acid groups (broad SMARTS) is 1. The molecule has 8 nitrogen and oxygen atoms in total. The minimum atomic E-state index is -1.06. The number of hydrogen-bond donors (Lipinski definition) is 4. The number of carboxylic acids is 1. The van der Waals surface area contributed by atoms with Gasteiger partial charge < -0.3 is 15.4 Å². The van der Waals surface area contributed by atoms with Crippen LogP contribution in [0.4, 0.5) is 0 Å². The summed E-state index contributed by atoms with van der Waals surface area (Å²) in [5, 5.41) is 18.4. The van der Waals surface area contributed by atoms with E-state index in [0.717, 1.165) is 25.0 Å². The van der Waals surface area contributed by atoms with Crippen molar-refractivity contribution in [1.29, 1.82) is 0 Å². The molecule has 21 heavy (non-hydrogen) atoms. The summed E-state index contributed by atoms with van der Waals surface area (Å²) in [6, 6.07) is 1.74. The second-order valence-corrected chi connectivity index (χ2v) is 5.19. The second-order valence-electron chi connectivity index (χ2n) is 5.19. The first-order valence-electron chi connectivity index (χ1n) is 6.67. The number of aromatic nitrogens is 4. The lowest BCUT2D eigenvalue weighted by Crippen LogP contribution is -2.52. The first-order valence-corrected chi connectivity index (χ1v) is 6.67. The summed E-state index contributed by atoms with van der Waals surface area (Å²) in [5.41, 5.74) is 0.178. The molecule has 0 aromatic carbocycles. The highest BCUT2D eigenvalue weighted by atomic mass is 16.4. The summed E-state index contributed by atoms with van der Waals surface area (Å²) in [6.45, 7) is 0. The van der Waals surface area contributed by atoms with E-state index in [-0.39, 0.29) is 18.0 Å². The smallest absolute Gasteiger partial charge is 0.353 e. The van der Waals surface area contributed by atoms with Crippen molar-refractivity contribution in [2.45, 2.75) is 31.2 Å². The van der Waals surface area contributed by atoms with Crippen LogP contribution in [0.3, 0.4) is 0 Å². The molecule has 0 atom stereocenters. The second kappa shape index (κ2) is 5.04. The molecule has 0 spiro atoms. The van der Waals surface area contributed by atoms with Crippen molar-refractivity contribution < 1.29 is 14.7 Å². The lowest BCUT2D eigenvalue weighted by molar-refractivity contribution is -0.123. The molecule has 2 heterocycles. The molecule has 0 unspecified atom stereocenters. The molecular formula is C13H15N5O3. The van der Waals surface area contributed by atoms with Gasteiger partial charge >= 0.3 is 5.97 Å². The highest BCUT2D eigenvalue weighted by molar-refractivity contribution is 5.85. The molecule has 1 fully saturated rings.